The maximum atomic E-state index is 4.63. The van der Waals surface area contributed by atoms with Crippen LogP contribution in [-0.2, 0) is 12.9 Å². The number of benzene rings is 1. The third-order valence-electron chi connectivity index (χ3n) is 4.83. The quantitative estimate of drug-likeness (QED) is 0.262. The van der Waals surface area contributed by atoms with Gasteiger partial charge in [-0.1, -0.05) is 0 Å². The SMILES string of the molecule is C1=Cc2cc3ccc(cc4nc(cc5ccc(cc1n2)[nH]5)C=C4)[nH]3.[Br][Co][c]1ccccc1. The zero-order valence-corrected chi connectivity index (χ0v) is 19.5. The molecule has 159 valence electrons. The minimum absolute atomic E-state index is 0.939. The summed E-state index contributed by atoms with van der Waals surface area (Å²) in [6.45, 7) is 0. The van der Waals surface area contributed by atoms with Gasteiger partial charge >= 0.3 is 61.9 Å². The Morgan fingerprint density at radius 1 is 0.531 bits per heavy atom. The van der Waals surface area contributed by atoms with Crippen LogP contribution in [0.5, 0.6) is 0 Å². The molecule has 0 fully saturated rings. The van der Waals surface area contributed by atoms with Crippen molar-refractivity contribution in [1.29, 1.82) is 0 Å². The maximum absolute atomic E-state index is 4.63. The molecule has 2 aliphatic rings. The van der Waals surface area contributed by atoms with Crippen LogP contribution < -0.4 is 4.50 Å². The van der Waals surface area contributed by atoms with Crippen molar-refractivity contribution in [2.75, 3.05) is 0 Å². The Hall–Kier alpha value is -3.19. The van der Waals surface area contributed by atoms with Crippen LogP contribution in [0.3, 0.4) is 0 Å². The number of nitrogens with one attached hydrogen (secondary N) is 2. The Kier molecular flexibility index (Phi) is 6.16. The number of halogens is 1. The zero-order chi connectivity index (χ0) is 21.8. The van der Waals surface area contributed by atoms with Crippen molar-refractivity contribution in [3.8, 4) is 0 Å². The van der Waals surface area contributed by atoms with Crippen LogP contribution in [0, 0.1) is 0 Å². The Morgan fingerprint density at radius 3 is 1.22 bits per heavy atom. The van der Waals surface area contributed by atoms with Gasteiger partial charge in [-0.2, -0.15) is 0 Å². The van der Waals surface area contributed by atoms with Gasteiger partial charge in [0.05, 0.1) is 22.8 Å². The normalized spacial score (nSPS) is 11.9. The predicted octanol–water partition coefficient (Wildman–Crippen LogP) is 6.36. The molecule has 2 N–H and O–H groups in total. The van der Waals surface area contributed by atoms with Crippen LogP contribution in [0.4, 0.5) is 0 Å². The first-order chi connectivity index (χ1) is 15.7. The van der Waals surface area contributed by atoms with Crippen molar-refractivity contribution in [2.24, 2.45) is 0 Å². The van der Waals surface area contributed by atoms with E-state index in [0.717, 1.165) is 44.8 Å². The van der Waals surface area contributed by atoms with Gasteiger partial charge in [-0.15, -0.1) is 0 Å². The molecule has 0 saturated heterocycles. The van der Waals surface area contributed by atoms with Gasteiger partial charge in [0.15, 0.2) is 0 Å². The molecule has 0 atom stereocenters. The number of rotatable bonds is 1. The summed E-state index contributed by atoms with van der Waals surface area (Å²) in [5.74, 6) is 0. The third kappa shape index (κ3) is 5.16. The topological polar surface area (TPSA) is 57.4 Å². The first kappa shape index (κ1) is 20.7. The second-order valence-corrected chi connectivity index (χ2v) is 9.13. The van der Waals surface area contributed by atoms with E-state index >= 15 is 0 Å². The Bertz CT molecular complexity index is 1290. The second-order valence-electron chi connectivity index (χ2n) is 7.24. The number of nitrogens with zero attached hydrogens (tertiary/aromatic N) is 2. The van der Waals surface area contributed by atoms with Crippen molar-refractivity contribution in [2.45, 2.75) is 0 Å². The van der Waals surface area contributed by atoms with Gasteiger partial charge in [0, 0.05) is 22.1 Å². The molecule has 0 amide bonds. The fraction of sp³-hybridized carbons (Fsp3) is 0. The molecule has 5 heterocycles. The molecule has 6 heteroatoms. The van der Waals surface area contributed by atoms with E-state index in [9.17, 15) is 0 Å². The number of H-pyrrole nitrogens is 2. The number of hydrogen-bond donors (Lipinski definition) is 2. The number of fused-ring (bicyclic) bond motifs is 8. The van der Waals surface area contributed by atoms with Crippen LogP contribution in [0.1, 0.15) is 22.8 Å². The van der Waals surface area contributed by atoms with E-state index in [1.807, 2.05) is 66.8 Å². The minimum atomic E-state index is 0.939. The van der Waals surface area contributed by atoms with Crippen molar-refractivity contribution in [1.82, 2.24) is 19.9 Å². The first-order valence-electron chi connectivity index (χ1n) is 10.0. The first-order valence-corrected chi connectivity index (χ1v) is 13.1. The molecule has 1 aromatic carbocycles. The van der Waals surface area contributed by atoms with Crippen LogP contribution >= 0.6 is 14.2 Å². The molecule has 8 bridgehead atoms. The Morgan fingerprint density at radius 2 is 0.906 bits per heavy atom. The molecular weight excluding hydrogens is 507 g/mol. The van der Waals surface area contributed by atoms with Gasteiger partial charge < -0.3 is 9.97 Å². The zero-order valence-electron chi connectivity index (χ0n) is 16.9. The molecule has 0 aliphatic carbocycles. The molecule has 0 spiro atoms. The van der Waals surface area contributed by atoms with Gasteiger partial charge in [-0.25, -0.2) is 9.97 Å². The summed E-state index contributed by atoms with van der Waals surface area (Å²) in [5.41, 5.74) is 7.86. The Balaban J connectivity index is 0.000000230. The van der Waals surface area contributed by atoms with Gasteiger partial charge in [0.2, 0.25) is 0 Å². The van der Waals surface area contributed by atoms with E-state index in [4.69, 9.17) is 0 Å². The van der Waals surface area contributed by atoms with E-state index in [1.54, 1.807) is 0 Å². The van der Waals surface area contributed by atoms with Gasteiger partial charge in [0.1, 0.15) is 0 Å². The summed E-state index contributed by atoms with van der Waals surface area (Å²) in [6.07, 6.45) is 8.09. The van der Waals surface area contributed by atoms with E-state index in [0.29, 0.717) is 0 Å². The summed E-state index contributed by atoms with van der Waals surface area (Å²) in [7, 11) is 0. The monoisotopic (exact) mass is 525 g/mol. The van der Waals surface area contributed by atoms with Gasteiger partial charge in [-0.05, 0) is 72.8 Å². The van der Waals surface area contributed by atoms with E-state index < -0.39 is 0 Å². The summed E-state index contributed by atoms with van der Waals surface area (Å²) >= 11 is 4.51. The van der Waals surface area contributed by atoms with E-state index in [1.165, 1.54) is 17.4 Å². The summed E-state index contributed by atoms with van der Waals surface area (Å²) < 4.78 is 1.30. The van der Waals surface area contributed by atoms with Gasteiger partial charge in [-0.3, -0.25) is 0 Å². The molecule has 0 radical (unpaired) electrons. The molecule has 6 rings (SSSR count). The molecule has 2 aliphatic heterocycles. The molecule has 4 aromatic rings. The summed E-state index contributed by atoms with van der Waals surface area (Å²) in [5, 5.41) is 0. The second kappa shape index (κ2) is 9.52. The van der Waals surface area contributed by atoms with Crippen LogP contribution in [0.15, 0.2) is 78.9 Å². The summed E-state index contributed by atoms with van der Waals surface area (Å²) in [6, 6.07) is 26.6. The fourth-order valence-corrected chi connectivity index (χ4v) is 4.45. The average molecular weight is 526 g/mol. The third-order valence-corrected chi connectivity index (χ3v) is 6.67. The molecule has 4 nitrogen and oxygen atoms in total. The molecule has 3 aromatic heterocycles. The molecule has 0 saturated carbocycles. The number of aromatic nitrogens is 4. The van der Waals surface area contributed by atoms with E-state index in [-0.39, 0.29) is 0 Å². The summed E-state index contributed by atoms with van der Waals surface area (Å²) in [4.78, 5) is 16.0. The average Bonchev–Trinajstić information content (AvgIpc) is 3.61. The van der Waals surface area contributed by atoms with Crippen molar-refractivity contribution < 1.29 is 12.9 Å². The fourth-order valence-electron chi connectivity index (χ4n) is 3.39. The molecule has 32 heavy (non-hydrogen) atoms. The Labute approximate surface area is 198 Å². The molecular formula is C26H19BrCoN4. The van der Waals surface area contributed by atoms with Crippen molar-refractivity contribution in [3.05, 3.63) is 102 Å². The van der Waals surface area contributed by atoms with Crippen molar-refractivity contribution >= 4 is 65.0 Å². The van der Waals surface area contributed by atoms with Gasteiger partial charge in [0.25, 0.3) is 0 Å². The van der Waals surface area contributed by atoms with Crippen LogP contribution in [0.2, 0.25) is 0 Å². The van der Waals surface area contributed by atoms with Crippen LogP contribution in [0.25, 0.3) is 46.4 Å². The number of aromatic amines is 2. The van der Waals surface area contributed by atoms with Crippen LogP contribution in [-0.4, -0.2) is 19.9 Å². The molecule has 0 unspecified atom stereocenters. The number of hydrogen-bond acceptors (Lipinski definition) is 2. The predicted molar refractivity (Wildman–Crippen MR) is 134 cm³/mol. The standard InChI is InChI=1S/C20H14N4.C6H5.BrH.Co/c1-2-14-10-16-5-6-18(23-16)12-20-8-7-19(24-20)11-17-4-3-15(22-17)9-13(1)21-14;1-2-4-6-5-3-1;;/h1-12,21,24H;1-5H;1H;/q;;;+1/p-1. The van der Waals surface area contributed by atoms with E-state index in [2.05, 4.69) is 70.5 Å². The van der Waals surface area contributed by atoms with Crippen molar-refractivity contribution in [3.63, 3.8) is 0 Å².